The van der Waals surface area contributed by atoms with Crippen LogP contribution >= 0.6 is 0 Å². The summed E-state index contributed by atoms with van der Waals surface area (Å²) in [5.74, 6) is -0.694. The molecule has 2 aromatic rings. The van der Waals surface area contributed by atoms with Gasteiger partial charge < -0.3 is 19.4 Å². The van der Waals surface area contributed by atoms with Crippen LogP contribution in [0.5, 0.6) is 0 Å². The molecule has 7 heteroatoms. The maximum Gasteiger partial charge on any atom is 0.306 e. The number of furan rings is 1. The Bertz CT molecular complexity index is 646. The van der Waals surface area contributed by atoms with Crippen molar-refractivity contribution in [3.05, 3.63) is 30.2 Å². The molecule has 21 heavy (non-hydrogen) atoms. The van der Waals surface area contributed by atoms with Crippen LogP contribution < -0.4 is 5.32 Å². The molecule has 2 N–H and O–H groups in total. The van der Waals surface area contributed by atoms with Gasteiger partial charge in [-0.05, 0) is 31.4 Å². The van der Waals surface area contributed by atoms with E-state index in [-0.39, 0.29) is 23.6 Å². The molecule has 1 aliphatic rings. The lowest BCUT2D eigenvalue weighted by Crippen LogP contribution is -2.33. The van der Waals surface area contributed by atoms with Gasteiger partial charge in [0.1, 0.15) is 0 Å². The number of carboxylic acids is 1. The third kappa shape index (κ3) is 2.81. The van der Waals surface area contributed by atoms with Gasteiger partial charge >= 0.3 is 5.97 Å². The maximum atomic E-state index is 12.0. The molecule has 1 saturated carbocycles. The molecule has 0 saturated heterocycles. The third-order valence-electron chi connectivity index (χ3n) is 3.62. The number of amides is 1. The fourth-order valence-electron chi connectivity index (χ4n) is 2.51. The van der Waals surface area contributed by atoms with Gasteiger partial charge in [0.25, 0.3) is 5.91 Å². The summed E-state index contributed by atoms with van der Waals surface area (Å²) in [5.41, 5.74) is 0.153. The first kappa shape index (κ1) is 13.4. The summed E-state index contributed by atoms with van der Waals surface area (Å²) >= 11 is 0. The van der Waals surface area contributed by atoms with Gasteiger partial charge in [-0.2, -0.15) is 0 Å². The Kier molecular flexibility index (Phi) is 3.47. The predicted octanol–water partition coefficient (Wildman–Crippen LogP) is 1.92. The average molecular weight is 290 g/mol. The van der Waals surface area contributed by atoms with E-state index < -0.39 is 5.97 Å². The minimum absolute atomic E-state index is 0.137. The van der Waals surface area contributed by atoms with Crippen LogP contribution in [0.25, 0.3) is 11.5 Å². The molecule has 2 atom stereocenters. The molecule has 0 unspecified atom stereocenters. The minimum atomic E-state index is -0.812. The summed E-state index contributed by atoms with van der Waals surface area (Å²) in [6, 6.07) is 4.78. The van der Waals surface area contributed by atoms with Crippen LogP contribution in [0.3, 0.4) is 0 Å². The molecule has 1 aliphatic carbocycles. The van der Waals surface area contributed by atoms with Gasteiger partial charge in [-0.1, -0.05) is 5.16 Å². The quantitative estimate of drug-likeness (QED) is 0.891. The summed E-state index contributed by atoms with van der Waals surface area (Å²) < 4.78 is 10.2. The van der Waals surface area contributed by atoms with Gasteiger partial charge in [0.15, 0.2) is 11.5 Å². The predicted molar refractivity (Wildman–Crippen MR) is 70.4 cm³/mol. The SMILES string of the molecule is O=C(N[C@H]1CC[C@@H](C(=O)O)C1)c1cc(-c2ccco2)on1. The Hall–Kier alpha value is -2.57. The molecule has 0 aromatic carbocycles. The molecule has 0 aliphatic heterocycles. The summed E-state index contributed by atoms with van der Waals surface area (Å²) in [6.45, 7) is 0. The third-order valence-corrected chi connectivity index (χ3v) is 3.62. The first-order chi connectivity index (χ1) is 10.1. The Morgan fingerprint density at radius 1 is 1.33 bits per heavy atom. The van der Waals surface area contributed by atoms with E-state index in [9.17, 15) is 9.59 Å². The van der Waals surface area contributed by atoms with E-state index in [4.69, 9.17) is 14.0 Å². The molecule has 0 spiro atoms. The minimum Gasteiger partial charge on any atom is -0.481 e. The summed E-state index contributed by atoms with van der Waals surface area (Å²) in [5, 5.41) is 15.4. The average Bonchev–Trinajstić information content (AvgIpc) is 3.19. The van der Waals surface area contributed by atoms with Crippen molar-refractivity contribution in [2.75, 3.05) is 0 Å². The second-order valence-corrected chi connectivity index (χ2v) is 5.07. The van der Waals surface area contributed by atoms with Crippen molar-refractivity contribution in [3.63, 3.8) is 0 Å². The monoisotopic (exact) mass is 290 g/mol. The van der Waals surface area contributed by atoms with Gasteiger partial charge in [-0.3, -0.25) is 9.59 Å². The van der Waals surface area contributed by atoms with Crippen molar-refractivity contribution in [2.45, 2.75) is 25.3 Å². The first-order valence-corrected chi connectivity index (χ1v) is 6.68. The van der Waals surface area contributed by atoms with Crippen LogP contribution in [-0.4, -0.2) is 28.2 Å². The number of rotatable bonds is 4. The van der Waals surface area contributed by atoms with Gasteiger partial charge in [-0.25, -0.2) is 0 Å². The zero-order valence-electron chi connectivity index (χ0n) is 11.1. The molecule has 1 fully saturated rings. The van der Waals surface area contributed by atoms with Crippen molar-refractivity contribution in [1.82, 2.24) is 10.5 Å². The van der Waals surface area contributed by atoms with Crippen molar-refractivity contribution >= 4 is 11.9 Å². The smallest absolute Gasteiger partial charge is 0.306 e. The Balaban J connectivity index is 1.63. The number of carbonyl (C=O) groups is 2. The summed E-state index contributed by atoms with van der Waals surface area (Å²) in [6.07, 6.45) is 3.19. The molecule has 2 heterocycles. The second kappa shape index (κ2) is 5.43. The van der Waals surface area contributed by atoms with Gasteiger partial charge in [0, 0.05) is 12.1 Å². The molecule has 7 nitrogen and oxygen atoms in total. The van der Waals surface area contributed by atoms with Crippen LogP contribution in [0.15, 0.2) is 33.4 Å². The van der Waals surface area contributed by atoms with Crippen molar-refractivity contribution in [3.8, 4) is 11.5 Å². The van der Waals surface area contributed by atoms with E-state index in [2.05, 4.69) is 10.5 Å². The van der Waals surface area contributed by atoms with E-state index in [1.807, 2.05) is 0 Å². The number of carbonyl (C=O) groups excluding carboxylic acids is 1. The fourth-order valence-corrected chi connectivity index (χ4v) is 2.51. The Morgan fingerprint density at radius 2 is 2.19 bits per heavy atom. The molecule has 2 aromatic heterocycles. The van der Waals surface area contributed by atoms with Crippen LogP contribution in [0.4, 0.5) is 0 Å². The standard InChI is InChI=1S/C14H14N2O5/c17-13(15-9-4-3-8(6-9)14(18)19)10-7-12(21-16-10)11-2-1-5-20-11/h1-2,5,7-9H,3-4,6H2,(H,15,17)(H,18,19)/t8-,9+/m1/s1. The van der Waals surface area contributed by atoms with Crippen LogP contribution in [0, 0.1) is 5.92 Å². The number of carboxylic acid groups (broad SMARTS) is 1. The number of hydrogen-bond donors (Lipinski definition) is 2. The molecule has 110 valence electrons. The van der Waals surface area contributed by atoms with E-state index in [0.29, 0.717) is 30.8 Å². The van der Waals surface area contributed by atoms with E-state index in [1.54, 1.807) is 12.1 Å². The van der Waals surface area contributed by atoms with Crippen molar-refractivity contribution < 1.29 is 23.6 Å². The molecule has 3 rings (SSSR count). The molecule has 0 radical (unpaired) electrons. The first-order valence-electron chi connectivity index (χ1n) is 6.68. The van der Waals surface area contributed by atoms with E-state index in [1.165, 1.54) is 12.3 Å². The fraction of sp³-hybridized carbons (Fsp3) is 0.357. The maximum absolute atomic E-state index is 12.0. The molecular formula is C14H14N2O5. The van der Waals surface area contributed by atoms with Crippen LogP contribution in [-0.2, 0) is 4.79 Å². The van der Waals surface area contributed by atoms with Crippen LogP contribution in [0.1, 0.15) is 29.8 Å². The van der Waals surface area contributed by atoms with Crippen LogP contribution in [0.2, 0.25) is 0 Å². The highest BCUT2D eigenvalue weighted by Gasteiger charge is 2.31. The lowest BCUT2D eigenvalue weighted by atomic mass is 10.1. The summed E-state index contributed by atoms with van der Waals surface area (Å²) in [4.78, 5) is 22.9. The van der Waals surface area contributed by atoms with Crippen molar-refractivity contribution in [2.24, 2.45) is 5.92 Å². The highest BCUT2D eigenvalue weighted by atomic mass is 16.5. The lowest BCUT2D eigenvalue weighted by Gasteiger charge is -2.10. The molecular weight excluding hydrogens is 276 g/mol. The Labute approximate surface area is 119 Å². The van der Waals surface area contributed by atoms with Crippen molar-refractivity contribution in [1.29, 1.82) is 0 Å². The topological polar surface area (TPSA) is 106 Å². The highest BCUT2D eigenvalue weighted by molar-refractivity contribution is 5.93. The number of nitrogens with zero attached hydrogens (tertiary/aromatic N) is 1. The molecule has 0 bridgehead atoms. The zero-order valence-corrected chi connectivity index (χ0v) is 11.1. The largest absolute Gasteiger partial charge is 0.481 e. The van der Waals surface area contributed by atoms with Gasteiger partial charge in [0.05, 0.1) is 12.2 Å². The number of hydrogen-bond acceptors (Lipinski definition) is 5. The molecule has 1 amide bonds. The normalized spacial score (nSPS) is 21.3. The second-order valence-electron chi connectivity index (χ2n) is 5.07. The highest BCUT2D eigenvalue weighted by Crippen LogP contribution is 2.26. The van der Waals surface area contributed by atoms with E-state index >= 15 is 0 Å². The summed E-state index contributed by atoms with van der Waals surface area (Å²) in [7, 11) is 0. The van der Waals surface area contributed by atoms with Gasteiger partial charge in [-0.15, -0.1) is 0 Å². The number of aromatic nitrogens is 1. The lowest BCUT2D eigenvalue weighted by molar-refractivity contribution is -0.141. The number of nitrogens with one attached hydrogen (secondary N) is 1. The zero-order chi connectivity index (χ0) is 14.8. The number of aliphatic carboxylic acids is 1. The van der Waals surface area contributed by atoms with E-state index in [0.717, 1.165) is 0 Å². The van der Waals surface area contributed by atoms with Gasteiger partial charge in [0.2, 0.25) is 5.76 Å². The Morgan fingerprint density at radius 3 is 2.86 bits per heavy atom.